The third kappa shape index (κ3) is 3.16. The van der Waals surface area contributed by atoms with E-state index in [1.54, 1.807) is 0 Å². The summed E-state index contributed by atoms with van der Waals surface area (Å²) >= 11 is 5.41. The van der Waals surface area contributed by atoms with E-state index < -0.39 is 29.2 Å². The van der Waals surface area contributed by atoms with Gasteiger partial charge in [-0.2, -0.15) is 0 Å². The van der Waals surface area contributed by atoms with Gasteiger partial charge in [0.15, 0.2) is 11.3 Å². The average molecular weight is 286 g/mol. The van der Waals surface area contributed by atoms with Crippen molar-refractivity contribution in [3.63, 3.8) is 0 Å². The van der Waals surface area contributed by atoms with Crippen molar-refractivity contribution in [3.8, 4) is 5.75 Å². The smallest absolute Gasteiger partial charge is 0.465 e. The second-order valence-electron chi connectivity index (χ2n) is 3.02. The maximum absolute atomic E-state index is 12.2. The highest BCUT2D eigenvalue weighted by Gasteiger charge is 2.35. The molecule has 0 aromatic carbocycles. The van der Waals surface area contributed by atoms with Gasteiger partial charge in [0.2, 0.25) is 0 Å². The van der Waals surface area contributed by atoms with Crippen LogP contribution in [0.4, 0.5) is 13.2 Å². The lowest BCUT2D eigenvalue weighted by Crippen LogP contribution is -2.26. The molecule has 0 aliphatic heterocycles. The molecular formula is C9H7ClF3NO4. The van der Waals surface area contributed by atoms with Crippen LogP contribution < -0.4 is 10.3 Å². The number of carbonyl (C=O) groups excluding carboxylic acids is 1. The van der Waals surface area contributed by atoms with E-state index in [0.29, 0.717) is 0 Å². The molecule has 0 bridgehead atoms. The number of methoxy groups -OCH3 is 1. The number of aromatic nitrogens is 1. The molecule has 1 aromatic rings. The summed E-state index contributed by atoms with van der Waals surface area (Å²) in [4.78, 5) is 24.7. The quantitative estimate of drug-likeness (QED) is 0.679. The topological polar surface area (TPSA) is 68.4 Å². The van der Waals surface area contributed by atoms with Crippen molar-refractivity contribution in [3.05, 3.63) is 27.7 Å². The highest BCUT2D eigenvalue weighted by Crippen LogP contribution is 2.29. The normalized spacial score (nSPS) is 11.2. The molecule has 0 aliphatic carbocycles. The Balaban J connectivity index is 3.46. The van der Waals surface area contributed by atoms with Crippen LogP contribution in [-0.4, -0.2) is 24.4 Å². The van der Waals surface area contributed by atoms with Gasteiger partial charge in [-0.05, 0) is 0 Å². The third-order valence-electron chi connectivity index (χ3n) is 1.87. The van der Waals surface area contributed by atoms with Crippen molar-refractivity contribution in [2.75, 3.05) is 7.11 Å². The van der Waals surface area contributed by atoms with Crippen molar-refractivity contribution in [1.82, 2.24) is 4.98 Å². The summed E-state index contributed by atoms with van der Waals surface area (Å²) in [5, 5.41) is 0. The fourth-order valence-corrected chi connectivity index (χ4v) is 1.37. The largest absolute Gasteiger partial charge is 0.573 e. The predicted molar refractivity (Wildman–Crippen MR) is 54.6 cm³/mol. The number of nitrogens with one attached hydrogen (secondary N) is 1. The number of esters is 1. The van der Waals surface area contributed by atoms with Crippen LogP contribution in [0.25, 0.3) is 0 Å². The number of alkyl halides is 4. The first-order valence-electron chi connectivity index (χ1n) is 4.44. The van der Waals surface area contributed by atoms with E-state index in [9.17, 15) is 22.8 Å². The number of pyridine rings is 1. The minimum absolute atomic E-state index is 0.186. The van der Waals surface area contributed by atoms with E-state index >= 15 is 0 Å². The van der Waals surface area contributed by atoms with Gasteiger partial charge >= 0.3 is 12.3 Å². The van der Waals surface area contributed by atoms with Crippen LogP contribution in [0.15, 0.2) is 11.0 Å². The first-order valence-corrected chi connectivity index (χ1v) is 4.98. The minimum atomic E-state index is -5.06. The van der Waals surface area contributed by atoms with Crippen LogP contribution in [0.1, 0.15) is 15.9 Å². The zero-order chi connectivity index (χ0) is 13.9. The first kappa shape index (κ1) is 14.4. The summed E-state index contributed by atoms with van der Waals surface area (Å²) in [6.45, 7) is 0. The van der Waals surface area contributed by atoms with Gasteiger partial charge in [-0.25, -0.2) is 4.79 Å². The monoisotopic (exact) mass is 285 g/mol. The number of hydrogen-bond donors (Lipinski definition) is 1. The number of carbonyl (C=O) groups is 1. The number of ether oxygens (including phenoxy) is 2. The first-order chi connectivity index (χ1) is 8.30. The van der Waals surface area contributed by atoms with Crippen LogP contribution in [0.3, 0.4) is 0 Å². The minimum Gasteiger partial charge on any atom is -0.465 e. The van der Waals surface area contributed by atoms with Gasteiger partial charge in [0.1, 0.15) is 0 Å². The van der Waals surface area contributed by atoms with Gasteiger partial charge in [-0.3, -0.25) is 4.79 Å². The van der Waals surface area contributed by atoms with E-state index in [1.165, 1.54) is 0 Å². The SMILES string of the molecule is COC(=O)c1c(OC(F)(F)F)c(CCl)c[nH]c1=O. The Hall–Kier alpha value is -1.70. The van der Waals surface area contributed by atoms with Gasteiger partial charge < -0.3 is 14.5 Å². The fraction of sp³-hybridized carbons (Fsp3) is 0.333. The van der Waals surface area contributed by atoms with Gasteiger partial charge in [0.05, 0.1) is 13.0 Å². The van der Waals surface area contributed by atoms with Gasteiger partial charge in [0.25, 0.3) is 5.56 Å². The number of hydrogen-bond acceptors (Lipinski definition) is 4. The molecule has 0 atom stereocenters. The fourth-order valence-electron chi connectivity index (χ4n) is 1.17. The average Bonchev–Trinajstić information content (AvgIpc) is 2.27. The Morgan fingerprint density at radius 1 is 1.50 bits per heavy atom. The lowest BCUT2D eigenvalue weighted by Gasteiger charge is -2.14. The maximum atomic E-state index is 12.2. The number of aromatic amines is 1. The molecule has 0 saturated heterocycles. The Morgan fingerprint density at radius 2 is 2.11 bits per heavy atom. The number of halogens is 4. The zero-order valence-electron chi connectivity index (χ0n) is 8.93. The molecule has 0 fully saturated rings. The van der Waals surface area contributed by atoms with Gasteiger partial charge in [0, 0.05) is 11.8 Å². The van der Waals surface area contributed by atoms with Gasteiger partial charge in [-0.1, -0.05) is 0 Å². The van der Waals surface area contributed by atoms with Crippen LogP contribution in [0, 0.1) is 0 Å². The zero-order valence-corrected chi connectivity index (χ0v) is 9.69. The lowest BCUT2D eigenvalue weighted by atomic mass is 10.2. The van der Waals surface area contributed by atoms with E-state index in [2.05, 4.69) is 14.5 Å². The van der Waals surface area contributed by atoms with Gasteiger partial charge in [-0.15, -0.1) is 24.8 Å². The molecule has 1 heterocycles. The second kappa shape index (κ2) is 5.30. The van der Waals surface area contributed by atoms with Crippen LogP contribution in [-0.2, 0) is 10.6 Å². The van der Waals surface area contributed by atoms with E-state index in [0.717, 1.165) is 13.3 Å². The lowest BCUT2D eigenvalue weighted by molar-refractivity contribution is -0.275. The molecule has 1 aromatic heterocycles. The Morgan fingerprint density at radius 3 is 2.56 bits per heavy atom. The van der Waals surface area contributed by atoms with E-state index in [4.69, 9.17) is 11.6 Å². The third-order valence-corrected chi connectivity index (χ3v) is 2.16. The number of H-pyrrole nitrogens is 1. The van der Waals surface area contributed by atoms with Crippen molar-refractivity contribution in [1.29, 1.82) is 0 Å². The molecule has 5 nitrogen and oxygen atoms in total. The van der Waals surface area contributed by atoms with Crippen LogP contribution in [0.2, 0.25) is 0 Å². The molecule has 9 heteroatoms. The second-order valence-corrected chi connectivity index (χ2v) is 3.29. The standard InChI is InChI=1S/C9H7ClF3NO4/c1-17-8(16)5-6(18-9(11,12)13)4(2-10)3-14-7(5)15/h3H,2H2,1H3,(H,14,15). The molecule has 0 spiro atoms. The summed E-state index contributed by atoms with van der Waals surface area (Å²) in [5.74, 6) is -2.58. The Bertz CT molecular complexity index is 512. The summed E-state index contributed by atoms with van der Waals surface area (Å²) in [7, 11) is 0.923. The molecule has 0 aliphatic rings. The van der Waals surface area contributed by atoms with E-state index in [1.807, 2.05) is 0 Å². The Labute approximate surface area is 103 Å². The van der Waals surface area contributed by atoms with Crippen molar-refractivity contribution < 1.29 is 27.4 Å². The van der Waals surface area contributed by atoms with E-state index in [-0.39, 0.29) is 11.4 Å². The van der Waals surface area contributed by atoms with Crippen molar-refractivity contribution >= 4 is 17.6 Å². The molecule has 18 heavy (non-hydrogen) atoms. The van der Waals surface area contributed by atoms with Crippen molar-refractivity contribution in [2.45, 2.75) is 12.2 Å². The molecule has 0 amide bonds. The Kier molecular flexibility index (Phi) is 4.23. The summed E-state index contributed by atoms with van der Waals surface area (Å²) in [5.41, 5.74) is -2.13. The molecule has 0 saturated carbocycles. The highest BCUT2D eigenvalue weighted by molar-refractivity contribution is 6.17. The number of rotatable bonds is 3. The summed E-state index contributed by atoms with van der Waals surface area (Å²) in [6.07, 6.45) is -4.12. The predicted octanol–water partition coefficient (Wildman–Crippen LogP) is 1.80. The summed E-state index contributed by atoms with van der Waals surface area (Å²) in [6, 6.07) is 0. The highest BCUT2D eigenvalue weighted by atomic mass is 35.5. The van der Waals surface area contributed by atoms with Crippen molar-refractivity contribution in [2.24, 2.45) is 0 Å². The molecule has 0 unspecified atom stereocenters. The van der Waals surface area contributed by atoms with Crippen LogP contribution in [0.5, 0.6) is 5.75 Å². The van der Waals surface area contributed by atoms with Crippen LogP contribution >= 0.6 is 11.6 Å². The maximum Gasteiger partial charge on any atom is 0.573 e. The molecule has 1 rings (SSSR count). The molecule has 0 radical (unpaired) electrons. The molecular weight excluding hydrogens is 279 g/mol. The molecule has 100 valence electrons. The molecule has 1 N–H and O–H groups in total. The summed E-state index contributed by atoms with van der Waals surface area (Å²) < 4.78 is 44.5.